The van der Waals surface area contributed by atoms with Crippen LogP contribution in [0.15, 0.2) is 34.9 Å². The fraction of sp³-hybridized carbons (Fsp3) is 0.250. The second-order valence-electron chi connectivity index (χ2n) is 3.73. The van der Waals surface area contributed by atoms with Crippen LogP contribution in [0, 0.1) is 0 Å². The average Bonchev–Trinajstić information content (AvgIpc) is 2.78. The summed E-state index contributed by atoms with van der Waals surface area (Å²) in [5.41, 5.74) is 6.95. The molecule has 84 valence electrons. The highest BCUT2D eigenvalue weighted by Crippen LogP contribution is 2.28. The number of phenolic OH excluding ortho intramolecular Hbond substituents is 1. The maximum Gasteiger partial charge on any atom is 0.229 e. The van der Waals surface area contributed by atoms with Crippen LogP contribution in [0.2, 0.25) is 0 Å². The summed E-state index contributed by atoms with van der Waals surface area (Å²) in [6.45, 7) is 2.50. The first-order chi connectivity index (χ1) is 7.72. The number of rotatable bonds is 3. The van der Waals surface area contributed by atoms with E-state index in [1.54, 1.807) is 24.5 Å². The van der Waals surface area contributed by atoms with Gasteiger partial charge in [0.05, 0.1) is 11.3 Å². The molecule has 16 heavy (non-hydrogen) atoms. The molecule has 0 bridgehead atoms. The lowest BCUT2D eigenvalue weighted by Gasteiger charge is -2.01. The zero-order valence-corrected chi connectivity index (χ0v) is 9.05. The van der Waals surface area contributed by atoms with Crippen molar-refractivity contribution < 1.29 is 9.52 Å². The van der Waals surface area contributed by atoms with Crippen molar-refractivity contribution in [1.29, 1.82) is 0 Å². The van der Waals surface area contributed by atoms with Crippen LogP contribution in [0.3, 0.4) is 0 Å². The van der Waals surface area contributed by atoms with E-state index in [9.17, 15) is 5.11 Å². The molecule has 0 aliphatic rings. The molecule has 0 spiro atoms. The van der Waals surface area contributed by atoms with Gasteiger partial charge in [-0.05, 0) is 12.1 Å². The van der Waals surface area contributed by atoms with Gasteiger partial charge in [0.1, 0.15) is 12.0 Å². The topological polar surface area (TPSA) is 72.3 Å². The summed E-state index contributed by atoms with van der Waals surface area (Å²) >= 11 is 0. The number of hydrogen-bond acceptors (Lipinski definition) is 4. The second kappa shape index (κ2) is 4.37. The Morgan fingerprint density at radius 3 is 2.88 bits per heavy atom. The molecular formula is C12H14N2O2. The smallest absolute Gasteiger partial charge is 0.229 e. The predicted octanol–water partition coefficient (Wildman–Crippen LogP) is 2.11. The van der Waals surface area contributed by atoms with E-state index in [1.165, 1.54) is 0 Å². The summed E-state index contributed by atoms with van der Waals surface area (Å²) in [7, 11) is 0. The minimum atomic E-state index is 0.156. The number of benzene rings is 1. The van der Waals surface area contributed by atoms with E-state index in [4.69, 9.17) is 10.2 Å². The predicted molar refractivity (Wildman–Crippen MR) is 61.1 cm³/mol. The maximum atomic E-state index is 9.64. The Morgan fingerprint density at radius 2 is 2.19 bits per heavy atom. The van der Waals surface area contributed by atoms with Gasteiger partial charge in [-0.15, -0.1) is 0 Å². The highest BCUT2D eigenvalue weighted by Gasteiger charge is 2.13. The Balaban J connectivity index is 2.35. The number of nitrogens with zero attached hydrogens (tertiary/aromatic N) is 1. The van der Waals surface area contributed by atoms with E-state index < -0.39 is 0 Å². The summed E-state index contributed by atoms with van der Waals surface area (Å²) in [5.74, 6) is 0.744. The lowest BCUT2D eigenvalue weighted by atomic mass is 10.1. The van der Waals surface area contributed by atoms with Crippen molar-refractivity contribution >= 4 is 0 Å². The molecule has 1 aromatic carbocycles. The fourth-order valence-electron chi connectivity index (χ4n) is 1.41. The molecule has 2 rings (SSSR count). The van der Waals surface area contributed by atoms with Crippen LogP contribution in [-0.4, -0.2) is 16.6 Å². The van der Waals surface area contributed by atoms with Crippen LogP contribution in [0.25, 0.3) is 11.5 Å². The lowest BCUT2D eigenvalue weighted by Crippen LogP contribution is -2.08. The highest BCUT2D eigenvalue weighted by molar-refractivity contribution is 5.61. The maximum absolute atomic E-state index is 9.64. The minimum absolute atomic E-state index is 0.156. The molecule has 1 atom stereocenters. The SMILES string of the molecule is CC(CN)c1coc(-c2ccccc2O)n1. The molecule has 4 nitrogen and oxygen atoms in total. The van der Waals surface area contributed by atoms with Crippen LogP contribution in [0.5, 0.6) is 5.75 Å². The summed E-state index contributed by atoms with van der Waals surface area (Å²) in [5, 5.41) is 9.64. The van der Waals surface area contributed by atoms with Crippen molar-refractivity contribution in [3.8, 4) is 17.2 Å². The summed E-state index contributed by atoms with van der Waals surface area (Å²) in [4.78, 5) is 4.31. The Hall–Kier alpha value is -1.81. The van der Waals surface area contributed by atoms with Crippen molar-refractivity contribution in [2.24, 2.45) is 5.73 Å². The first-order valence-electron chi connectivity index (χ1n) is 5.16. The molecular weight excluding hydrogens is 204 g/mol. The van der Waals surface area contributed by atoms with Crippen LogP contribution in [-0.2, 0) is 0 Å². The molecule has 0 fully saturated rings. The van der Waals surface area contributed by atoms with E-state index in [0.29, 0.717) is 18.0 Å². The van der Waals surface area contributed by atoms with Gasteiger partial charge in [-0.25, -0.2) is 4.98 Å². The molecule has 0 aliphatic carbocycles. The number of phenols is 1. The number of aromatic hydroxyl groups is 1. The fourth-order valence-corrected chi connectivity index (χ4v) is 1.41. The van der Waals surface area contributed by atoms with E-state index >= 15 is 0 Å². The molecule has 3 N–H and O–H groups in total. The van der Waals surface area contributed by atoms with Gasteiger partial charge in [0.2, 0.25) is 5.89 Å². The standard InChI is InChI=1S/C12H14N2O2/c1-8(6-13)10-7-16-12(14-10)9-4-2-3-5-11(9)15/h2-5,7-8,15H,6,13H2,1H3. The van der Waals surface area contributed by atoms with Crippen molar-refractivity contribution in [3.63, 3.8) is 0 Å². The van der Waals surface area contributed by atoms with E-state index in [-0.39, 0.29) is 11.7 Å². The summed E-state index contributed by atoms with van der Waals surface area (Å²) in [6.07, 6.45) is 1.58. The van der Waals surface area contributed by atoms with Gasteiger partial charge in [-0.3, -0.25) is 0 Å². The quantitative estimate of drug-likeness (QED) is 0.827. The normalized spacial score (nSPS) is 12.6. The van der Waals surface area contributed by atoms with Crippen LogP contribution in [0.1, 0.15) is 18.5 Å². The highest BCUT2D eigenvalue weighted by atomic mass is 16.3. The number of nitrogens with two attached hydrogens (primary N) is 1. The number of aromatic nitrogens is 1. The van der Waals surface area contributed by atoms with Crippen LogP contribution in [0.4, 0.5) is 0 Å². The molecule has 4 heteroatoms. The third-order valence-electron chi connectivity index (χ3n) is 2.51. The Kier molecular flexibility index (Phi) is 2.92. The third-order valence-corrected chi connectivity index (χ3v) is 2.51. The summed E-state index contributed by atoms with van der Waals surface area (Å²) < 4.78 is 5.33. The van der Waals surface area contributed by atoms with Crippen molar-refractivity contribution in [1.82, 2.24) is 4.98 Å². The monoisotopic (exact) mass is 218 g/mol. The zero-order valence-electron chi connectivity index (χ0n) is 9.05. The number of para-hydroxylation sites is 1. The molecule has 1 unspecified atom stereocenters. The van der Waals surface area contributed by atoms with Gasteiger partial charge in [0, 0.05) is 12.5 Å². The number of oxazole rings is 1. The van der Waals surface area contributed by atoms with Gasteiger partial charge in [-0.2, -0.15) is 0 Å². The van der Waals surface area contributed by atoms with E-state index in [1.807, 2.05) is 13.0 Å². The summed E-state index contributed by atoms with van der Waals surface area (Å²) in [6, 6.07) is 6.94. The lowest BCUT2D eigenvalue weighted by molar-refractivity contribution is 0.473. The molecule has 0 radical (unpaired) electrons. The largest absolute Gasteiger partial charge is 0.507 e. The Labute approximate surface area is 93.7 Å². The number of hydrogen-bond donors (Lipinski definition) is 2. The van der Waals surface area contributed by atoms with Gasteiger partial charge in [-0.1, -0.05) is 19.1 Å². The molecule has 0 saturated heterocycles. The van der Waals surface area contributed by atoms with E-state index in [2.05, 4.69) is 4.98 Å². The molecule has 0 saturated carbocycles. The van der Waals surface area contributed by atoms with Gasteiger partial charge in [0.15, 0.2) is 0 Å². The van der Waals surface area contributed by atoms with E-state index in [0.717, 1.165) is 5.69 Å². The molecule has 0 aliphatic heterocycles. The molecule has 1 aromatic heterocycles. The molecule has 2 aromatic rings. The van der Waals surface area contributed by atoms with Crippen LogP contribution < -0.4 is 5.73 Å². The van der Waals surface area contributed by atoms with Crippen molar-refractivity contribution in [3.05, 3.63) is 36.2 Å². The van der Waals surface area contributed by atoms with Gasteiger partial charge >= 0.3 is 0 Å². The molecule has 1 heterocycles. The Bertz CT molecular complexity index is 479. The first kappa shape index (κ1) is 10.7. The van der Waals surface area contributed by atoms with Gasteiger partial charge < -0.3 is 15.3 Å². The van der Waals surface area contributed by atoms with Crippen LogP contribution >= 0.6 is 0 Å². The van der Waals surface area contributed by atoms with Crippen molar-refractivity contribution in [2.75, 3.05) is 6.54 Å². The Morgan fingerprint density at radius 1 is 1.44 bits per heavy atom. The third kappa shape index (κ3) is 1.92. The van der Waals surface area contributed by atoms with Gasteiger partial charge in [0.25, 0.3) is 0 Å². The second-order valence-corrected chi connectivity index (χ2v) is 3.73. The zero-order chi connectivity index (χ0) is 11.5. The minimum Gasteiger partial charge on any atom is -0.507 e. The average molecular weight is 218 g/mol. The molecule has 0 amide bonds. The first-order valence-corrected chi connectivity index (χ1v) is 5.16. The van der Waals surface area contributed by atoms with Crippen molar-refractivity contribution in [2.45, 2.75) is 12.8 Å².